The molecule has 0 aromatic heterocycles. The van der Waals surface area contributed by atoms with Crippen LogP contribution in [0, 0.1) is 0 Å². The zero-order valence-corrected chi connectivity index (χ0v) is 30.0. The van der Waals surface area contributed by atoms with Crippen molar-refractivity contribution < 1.29 is 71.6 Å². The van der Waals surface area contributed by atoms with Gasteiger partial charge in [-0.25, -0.2) is 24.0 Å². The lowest BCUT2D eigenvalue weighted by atomic mass is 10.2. The molecule has 0 atom stereocenters. The lowest BCUT2D eigenvalue weighted by Gasteiger charge is -2.18. The van der Waals surface area contributed by atoms with Crippen LogP contribution in [0.4, 0.5) is 19.2 Å². The summed E-state index contributed by atoms with van der Waals surface area (Å²) in [5.74, 6) is -1.77. The van der Waals surface area contributed by atoms with Crippen LogP contribution in [0.5, 0.6) is 0 Å². The number of imide groups is 1. The molecule has 51 heavy (non-hydrogen) atoms. The lowest BCUT2D eigenvalue weighted by Crippen LogP contribution is -2.34. The van der Waals surface area contributed by atoms with Gasteiger partial charge in [0, 0.05) is 58.7 Å². The molecule has 0 saturated carbocycles. The number of nitrogens with one attached hydrogen (secondary N) is 4. The fourth-order valence-corrected chi connectivity index (χ4v) is 3.59. The number of rotatable bonds is 23. The van der Waals surface area contributed by atoms with E-state index in [1.54, 1.807) is 27.7 Å². The molecule has 0 unspecified atom stereocenters. The molecule has 0 aliphatic carbocycles. The summed E-state index contributed by atoms with van der Waals surface area (Å²) in [4.78, 5) is 95.4. The van der Waals surface area contributed by atoms with Gasteiger partial charge in [0.25, 0.3) is 11.8 Å². The van der Waals surface area contributed by atoms with Crippen LogP contribution in [0.2, 0.25) is 0 Å². The average Bonchev–Trinajstić information content (AvgIpc) is 3.39. The second kappa shape index (κ2) is 29.1. The minimum atomic E-state index is -0.745. The zero-order valence-electron chi connectivity index (χ0n) is 30.0. The summed E-state index contributed by atoms with van der Waals surface area (Å²) in [6.07, 6.45) is -2.56. The summed E-state index contributed by atoms with van der Waals surface area (Å²) in [6, 6.07) is 0. The van der Waals surface area contributed by atoms with Gasteiger partial charge in [0.2, 0.25) is 0 Å². The molecule has 4 N–H and O–H groups in total. The number of carbonyl (C=O) groups is 8. The highest BCUT2D eigenvalue weighted by Crippen LogP contribution is 2.13. The Bertz CT molecular complexity index is 1050. The van der Waals surface area contributed by atoms with Crippen LogP contribution in [-0.4, -0.2) is 131 Å². The van der Waals surface area contributed by atoms with Crippen LogP contribution in [0.25, 0.3) is 0 Å². The maximum Gasteiger partial charge on any atom is 0.407 e. The first-order valence-corrected chi connectivity index (χ1v) is 16.8. The van der Waals surface area contributed by atoms with E-state index in [4.69, 9.17) is 33.3 Å². The molecule has 1 aliphatic heterocycles. The fourth-order valence-electron chi connectivity index (χ4n) is 3.59. The van der Waals surface area contributed by atoms with Gasteiger partial charge in [-0.1, -0.05) is 0 Å². The normalized spacial score (nSPS) is 12.0. The van der Waals surface area contributed by atoms with Crippen molar-refractivity contribution in [3.05, 3.63) is 0 Å². The van der Waals surface area contributed by atoms with Crippen LogP contribution in [-0.2, 0) is 52.4 Å². The van der Waals surface area contributed by atoms with Crippen molar-refractivity contribution >= 4 is 47.9 Å². The third-order valence-electron chi connectivity index (χ3n) is 5.99. The summed E-state index contributed by atoms with van der Waals surface area (Å²) in [7, 11) is 0. The Hall–Kier alpha value is -4.72. The largest absolute Gasteiger partial charge is 0.447 e. The molecule has 0 aromatic rings. The van der Waals surface area contributed by atoms with Crippen LogP contribution >= 0.6 is 0 Å². The number of carbonyl (C=O) groups excluding carboxylic acids is 8. The predicted octanol–water partition coefficient (Wildman–Crippen LogP) is 1.48. The summed E-state index contributed by atoms with van der Waals surface area (Å²) in [5.41, 5.74) is 0. The topological polar surface area (TPSA) is 253 Å². The van der Waals surface area contributed by atoms with E-state index >= 15 is 0 Å². The average molecular weight is 736 g/mol. The van der Waals surface area contributed by atoms with Crippen molar-refractivity contribution in [1.29, 1.82) is 0 Å². The number of amides is 6. The molecule has 0 aromatic carbocycles. The van der Waals surface area contributed by atoms with Crippen molar-refractivity contribution in [2.75, 3.05) is 65.8 Å². The van der Waals surface area contributed by atoms with Crippen molar-refractivity contribution in [1.82, 2.24) is 26.3 Å². The van der Waals surface area contributed by atoms with Crippen molar-refractivity contribution in [3.8, 4) is 0 Å². The van der Waals surface area contributed by atoms with E-state index in [1.165, 1.54) is 6.92 Å². The highest BCUT2D eigenvalue weighted by molar-refractivity contribution is 6.01. The van der Waals surface area contributed by atoms with Gasteiger partial charge in [0.05, 0.1) is 6.42 Å². The summed E-state index contributed by atoms with van der Waals surface area (Å²) in [5, 5.41) is 10.4. The van der Waals surface area contributed by atoms with Gasteiger partial charge in [-0.05, 0) is 47.5 Å². The monoisotopic (exact) mass is 735 g/mol. The number of Topliss-reactive ketones (excluding diaryl/α,β-unsaturated/α-hetero) is 1. The molecule has 1 saturated heterocycles. The molecule has 0 bridgehead atoms. The van der Waals surface area contributed by atoms with Crippen molar-refractivity contribution in [3.63, 3.8) is 0 Å². The number of ketones is 1. The number of ether oxygens (including phenoxy) is 6. The molecule has 20 nitrogen and oxygen atoms in total. The quantitative estimate of drug-likeness (QED) is 0.0659. The first-order valence-electron chi connectivity index (χ1n) is 16.8. The second-order valence-corrected chi connectivity index (χ2v) is 10.5. The fraction of sp³-hybridized carbons (Fsp3) is 0.742. The first kappa shape index (κ1) is 46.3. The van der Waals surface area contributed by atoms with E-state index in [9.17, 15) is 38.4 Å². The maximum absolute atomic E-state index is 11.7. The molecule has 1 fully saturated rings. The number of alkyl carbamates (subject to hydrolysis) is 4. The first-order chi connectivity index (χ1) is 24.4. The predicted molar refractivity (Wildman–Crippen MR) is 176 cm³/mol. The molecule has 1 rings (SSSR count). The number of hydroxylamine groups is 2. The van der Waals surface area contributed by atoms with Gasteiger partial charge >= 0.3 is 30.3 Å². The smallest absolute Gasteiger partial charge is 0.407 e. The van der Waals surface area contributed by atoms with Gasteiger partial charge in [0.15, 0.2) is 0 Å². The molecule has 1 heterocycles. The van der Waals surface area contributed by atoms with E-state index in [-0.39, 0.29) is 64.5 Å². The van der Waals surface area contributed by atoms with E-state index in [0.717, 1.165) is 0 Å². The molecule has 20 heteroatoms. The second-order valence-electron chi connectivity index (χ2n) is 10.5. The van der Waals surface area contributed by atoms with Crippen LogP contribution < -0.4 is 21.3 Å². The van der Waals surface area contributed by atoms with E-state index < -0.39 is 54.4 Å². The Kier molecular flexibility index (Phi) is 26.4. The molecule has 0 spiro atoms. The standard InChI is InChI=1S/C17H27N3O9.C14H26N2O6/c1-3-18-16(24)27-10-12(11-28-17(25)19-4-2)26-9-5-6-15(23)29-20-13(21)7-8-14(20)22;1-4-15-13(18)21-9-12(10-22-14(19)16-5-2)20-8-6-7-11(3)17/h12H,3-11H2,1-2H3,(H,18,24)(H,19,25);12H,4-10H2,1-3H3,(H,15,18)(H,16,19). The van der Waals surface area contributed by atoms with E-state index in [0.29, 0.717) is 50.7 Å². The Morgan fingerprint density at radius 3 is 1.24 bits per heavy atom. The summed E-state index contributed by atoms with van der Waals surface area (Å²) < 4.78 is 30.8. The number of hydrogen-bond donors (Lipinski definition) is 4. The van der Waals surface area contributed by atoms with Crippen LogP contribution in [0.3, 0.4) is 0 Å². The van der Waals surface area contributed by atoms with Crippen molar-refractivity contribution in [2.24, 2.45) is 0 Å². The Balaban J connectivity index is 0.00000102. The van der Waals surface area contributed by atoms with Crippen LogP contribution in [0.15, 0.2) is 0 Å². The Labute approximate surface area is 297 Å². The van der Waals surface area contributed by atoms with E-state index in [1.807, 2.05) is 0 Å². The molecule has 1 aliphatic rings. The molecule has 6 amide bonds. The zero-order chi connectivity index (χ0) is 38.4. The molecular formula is C31H53N5O15. The molecule has 0 radical (unpaired) electrons. The molecule has 292 valence electrons. The van der Waals surface area contributed by atoms with Gasteiger partial charge < -0.3 is 59.3 Å². The van der Waals surface area contributed by atoms with Gasteiger partial charge in [-0.3, -0.25) is 9.59 Å². The van der Waals surface area contributed by atoms with Gasteiger partial charge in [-0.15, -0.1) is 5.06 Å². The Morgan fingerprint density at radius 2 is 0.922 bits per heavy atom. The Morgan fingerprint density at radius 1 is 0.588 bits per heavy atom. The molecular weight excluding hydrogens is 682 g/mol. The van der Waals surface area contributed by atoms with Crippen molar-refractivity contribution in [2.45, 2.75) is 85.4 Å². The third-order valence-corrected chi connectivity index (χ3v) is 5.99. The lowest BCUT2D eigenvalue weighted by molar-refractivity contribution is -0.197. The third kappa shape index (κ3) is 25.0. The summed E-state index contributed by atoms with van der Waals surface area (Å²) in [6.45, 7) is 10.2. The van der Waals surface area contributed by atoms with Crippen LogP contribution in [0.1, 0.15) is 73.1 Å². The minimum Gasteiger partial charge on any atom is -0.447 e. The number of hydrogen-bond acceptors (Lipinski definition) is 15. The highest BCUT2D eigenvalue weighted by atomic mass is 16.7. The SMILES string of the molecule is CCNC(=O)OCC(COC(=O)NCC)OCCCC(=O)ON1C(=O)CCC1=O.CCNC(=O)OCC(COC(=O)NCC)OCCCC(C)=O. The van der Waals surface area contributed by atoms with Gasteiger partial charge in [-0.2, -0.15) is 0 Å². The maximum atomic E-state index is 11.7. The minimum absolute atomic E-state index is 0.0219. The van der Waals surface area contributed by atoms with Gasteiger partial charge in [0.1, 0.15) is 44.4 Å². The van der Waals surface area contributed by atoms with E-state index in [2.05, 4.69) is 21.3 Å². The number of nitrogens with zero attached hydrogens (tertiary/aromatic N) is 1. The summed E-state index contributed by atoms with van der Waals surface area (Å²) >= 11 is 0. The highest BCUT2D eigenvalue weighted by Gasteiger charge is 2.32.